The van der Waals surface area contributed by atoms with E-state index in [1.54, 1.807) is 0 Å². The number of carbonyl (C=O) groups excluding carboxylic acids is 1. The largest absolute Gasteiger partial charge is 0.491 e. The van der Waals surface area contributed by atoms with Gasteiger partial charge in [-0.05, 0) is 79.9 Å². The molecule has 2 nitrogen and oxygen atoms in total. The minimum absolute atomic E-state index is 0.112. The first-order valence-electron chi connectivity index (χ1n) is 5.93. The van der Waals surface area contributed by atoms with E-state index in [0.29, 0.717) is 13.0 Å². The van der Waals surface area contributed by atoms with Crippen molar-refractivity contribution < 1.29 is 9.53 Å². The van der Waals surface area contributed by atoms with E-state index in [-0.39, 0.29) is 5.78 Å². The lowest BCUT2D eigenvalue weighted by Gasteiger charge is -2.10. The Morgan fingerprint density at radius 3 is 2.20 bits per heavy atom. The number of halogens is 3. The molecule has 0 aliphatic rings. The SMILES string of the molecule is O=C(CCOc1c(I)cc(I)cc1I)c1ccccc1. The average molecular weight is 604 g/mol. The second-order valence-corrected chi connectivity index (χ2v) is 7.66. The third-order valence-electron chi connectivity index (χ3n) is 2.63. The fourth-order valence-corrected chi connectivity index (χ4v) is 5.58. The van der Waals surface area contributed by atoms with Crippen LogP contribution in [0.5, 0.6) is 5.75 Å². The Kier molecular flexibility index (Phi) is 6.53. The molecule has 2 aromatic carbocycles. The highest BCUT2D eigenvalue weighted by Crippen LogP contribution is 2.29. The van der Waals surface area contributed by atoms with E-state index in [0.717, 1.165) is 18.5 Å². The van der Waals surface area contributed by atoms with Crippen LogP contribution in [0.3, 0.4) is 0 Å². The summed E-state index contributed by atoms with van der Waals surface area (Å²) < 4.78 is 9.11. The molecule has 0 heterocycles. The number of benzene rings is 2. The highest BCUT2D eigenvalue weighted by Gasteiger charge is 2.10. The first kappa shape index (κ1) is 16.5. The molecule has 0 N–H and O–H groups in total. The lowest BCUT2D eigenvalue weighted by molar-refractivity contribution is 0.0962. The number of ketones is 1. The number of hydrogen-bond acceptors (Lipinski definition) is 2. The molecule has 0 saturated heterocycles. The average Bonchev–Trinajstić information content (AvgIpc) is 2.42. The Labute approximate surface area is 159 Å². The summed E-state index contributed by atoms with van der Waals surface area (Å²) in [5.41, 5.74) is 0.739. The van der Waals surface area contributed by atoms with Gasteiger partial charge in [0.05, 0.1) is 13.7 Å². The van der Waals surface area contributed by atoms with Gasteiger partial charge in [-0.2, -0.15) is 0 Å². The molecule has 0 saturated carbocycles. The Balaban J connectivity index is 1.95. The molecule has 0 amide bonds. The molecule has 0 atom stereocenters. The van der Waals surface area contributed by atoms with Gasteiger partial charge in [-0.15, -0.1) is 0 Å². The van der Waals surface area contributed by atoms with E-state index in [1.807, 2.05) is 30.3 Å². The molecular weight excluding hydrogens is 593 g/mol. The highest BCUT2D eigenvalue weighted by molar-refractivity contribution is 14.1. The van der Waals surface area contributed by atoms with Gasteiger partial charge in [-0.25, -0.2) is 0 Å². The maximum Gasteiger partial charge on any atom is 0.166 e. The van der Waals surface area contributed by atoms with Crippen LogP contribution in [0.2, 0.25) is 0 Å². The van der Waals surface area contributed by atoms with E-state index in [2.05, 4.69) is 79.9 Å². The van der Waals surface area contributed by atoms with Gasteiger partial charge in [-0.1, -0.05) is 30.3 Å². The van der Waals surface area contributed by atoms with Crippen molar-refractivity contribution in [2.45, 2.75) is 6.42 Å². The fraction of sp³-hybridized carbons (Fsp3) is 0.133. The monoisotopic (exact) mass is 604 g/mol. The van der Waals surface area contributed by atoms with Crippen molar-refractivity contribution in [3.8, 4) is 5.75 Å². The Bertz CT molecular complexity index is 589. The minimum atomic E-state index is 0.112. The van der Waals surface area contributed by atoms with Crippen molar-refractivity contribution in [1.82, 2.24) is 0 Å². The Hall–Kier alpha value is 0.1000. The molecule has 0 aliphatic heterocycles. The molecule has 0 bridgehead atoms. The first-order chi connectivity index (χ1) is 9.58. The molecule has 104 valence electrons. The summed E-state index contributed by atoms with van der Waals surface area (Å²) in [4.78, 5) is 12.0. The van der Waals surface area contributed by atoms with Crippen molar-refractivity contribution in [2.75, 3.05) is 6.61 Å². The summed E-state index contributed by atoms with van der Waals surface area (Å²) in [5.74, 6) is 0.980. The zero-order chi connectivity index (χ0) is 14.5. The predicted molar refractivity (Wildman–Crippen MR) is 105 cm³/mol. The molecule has 2 rings (SSSR count). The third-order valence-corrected chi connectivity index (χ3v) is 4.86. The smallest absolute Gasteiger partial charge is 0.166 e. The van der Waals surface area contributed by atoms with Crippen LogP contribution in [0.4, 0.5) is 0 Å². The molecule has 0 spiro atoms. The molecule has 2 aromatic rings. The van der Waals surface area contributed by atoms with Crippen LogP contribution in [0, 0.1) is 10.7 Å². The van der Waals surface area contributed by atoms with Crippen molar-refractivity contribution in [3.63, 3.8) is 0 Å². The normalized spacial score (nSPS) is 10.3. The van der Waals surface area contributed by atoms with Crippen LogP contribution < -0.4 is 4.74 Å². The Morgan fingerprint density at radius 1 is 1.00 bits per heavy atom. The summed E-state index contributed by atoms with van der Waals surface area (Å²) >= 11 is 6.81. The number of Topliss-reactive ketones (excluding diaryl/α,β-unsaturated/α-hetero) is 1. The summed E-state index contributed by atoms with van der Waals surface area (Å²) in [6.07, 6.45) is 0.391. The van der Waals surface area contributed by atoms with Crippen molar-refractivity contribution >= 4 is 73.6 Å². The van der Waals surface area contributed by atoms with Gasteiger partial charge in [0, 0.05) is 15.6 Å². The summed E-state index contributed by atoms with van der Waals surface area (Å²) in [7, 11) is 0. The molecule has 0 aliphatic carbocycles. The topological polar surface area (TPSA) is 26.3 Å². The maximum absolute atomic E-state index is 12.0. The number of carbonyl (C=O) groups is 1. The quantitative estimate of drug-likeness (QED) is 0.349. The van der Waals surface area contributed by atoms with Crippen molar-refractivity contribution in [2.24, 2.45) is 0 Å². The van der Waals surface area contributed by atoms with E-state index in [1.165, 1.54) is 3.57 Å². The highest BCUT2D eigenvalue weighted by atomic mass is 127. The minimum Gasteiger partial charge on any atom is -0.491 e. The number of ether oxygens (including phenoxy) is 1. The molecule has 0 radical (unpaired) electrons. The van der Waals surface area contributed by atoms with E-state index in [4.69, 9.17) is 4.74 Å². The molecule has 5 heteroatoms. The second-order valence-electron chi connectivity index (χ2n) is 4.09. The van der Waals surface area contributed by atoms with Crippen molar-refractivity contribution in [3.05, 3.63) is 58.7 Å². The van der Waals surface area contributed by atoms with Gasteiger partial charge in [0.1, 0.15) is 5.75 Å². The fourth-order valence-electron chi connectivity index (χ4n) is 1.68. The summed E-state index contributed by atoms with van der Waals surface area (Å²) in [5, 5.41) is 0. The molecule has 0 aromatic heterocycles. The lowest BCUT2D eigenvalue weighted by atomic mass is 10.1. The van der Waals surface area contributed by atoms with Crippen LogP contribution in [0.1, 0.15) is 16.8 Å². The van der Waals surface area contributed by atoms with Gasteiger partial charge in [0.25, 0.3) is 0 Å². The van der Waals surface area contributed by atoms with Gasteiger partial charge < -0.3 is 4.74 Å². The van der Waals surface area contributed by atoms with Crippen LogP contribution in [-0.4, -0.2) is 12.4 Å². The van der Waals surface area contributed by atoms with E-state index in [9.17, 15) is 4.79 Å². The second kappa shape index (κ2) is 7.92. The lowest BCUT2D eigenvalue weighted by Crippen LogP contribution is -2.08. The molecule has 0 unspecified atom stereocenters. The van der Waals surface area contributed by atoms with E-state index < -0.39 is 0 Å². The number of hydrogen-bond donors (Lipinski definition) is 0. The first-order valence-corrected chi connectivity index (χ1v) is 9.17. The predicted octanol–water partition coefficient (Wildman–Crippen LogP) is 5.15. The Morgan fingerprint density at radius 2 is 1.60 bits per heavy atom. The molecule has 0 fully saturated rings. The van der Waals surface area contributed by atoms with Gasteiger partial charge in [-0.3, -0.25) is 4.79 Å². The van der Waals surface area contributed by atoms with Crippen LogP contribution >= 0.6 is 67.8 Å². The molecular formula is C15H11I3O2. The van der Waals surface area contributed by atoms with Gasteiger partial charge >= 0.3 is 0 Å². The van der Waals surface area contributed by atoms with E-state index >= 15 is 0 Å². The van der Waals surface area contributed by atoms with Crippen molar-refractivity contribution in [1.29, 1.82) is 0 Å². The zero-order valence-corrected chi connectivity index (χ0v) is 16.9. The van der Waals surface area contributed by atoms with Gasteiger partial charge in [0.15, 0.2) is 5.78 Å². The zero-order valence-electron chi connectivity index (χ0n) is 10.4. The standard InChI is InChI=1S/C15H11I3O2/c16-11-8-12(17)15(13(18)9-11)20-7-6-14(19)10-4-2-1-3-5-10/h1-5,8-9H,6-7H2. The maximum atomic E-state index is 12.0. The summed E-state index contributed by atoms with van der Waals surface area (Å²) in [6, 6.07) is 13.5. The molecule has 20 heavy (non-hydrogen) atoms. The van der Waals surface area contributed by atoms with Gasteiger partial charge in [0.2, 0.25) is 0 Å². The van der Waals surface area contributed by atoms with Crippen LogP contribution in [0.25, 0.3) is 0 Å². The van der Waals surface area contributed by atoms with Crippen LogP contribution in [0.15, 0.2) is 42.5 Å². The third kappa shape index (κ3) is 4.55. The summed E-state index contributed by atoms with van der Waals surface area (Å²) in [6.45, 7) is 0.403. The number of rotatable bonds is 5. The van der Waals surface area contributed by atoms with Crippen LogP contribution in [-0.2, 0) is 0 Å².